The van der Waals surface area contributed by atoms with Gasteiger partial charge >= 0.3 is 0 Å². The maximum atomic E-state index is 12.8. The van der Waals surface area contributed by atoms with E-state index in [1.165, 1.54) is 11.8 Å². The van der Waals surface area contributed by atoms with Crippen molar-refractivity contribution in [2.24, 2.45) is 7.05 Å². The molecule has 0 bridgehead atoms. The van der Waals surface area contributed by atoms with Crippen LogP contribution in [0.15, 0.2) is 53.1 Å². The summed E-state index contributed by atoms with van der Waals surface area (Å²) in [4.78, 5) is 21.6. The van der Waals surface area contributed by atoms with Crippen LogP contribution in [0.2, 0.25) is 0 Å². The number of nitrogens with zero attached hydrogens (tertiary/aromatic N) is 3. The monoisotopic (exact) mass is 323 g/mol. The van der Waals surface area contributed by atoms with Crippen LogP contribution in [-0.2, 0) is 13.5 Å². The highest BCUT2D eigenvalue weighted by molar-refractivity contribution is 7.98. The van der Waals surface area contributed by atoms with E-state index in [2.05, 4.69) is 16.5 Å². The first-order valence-corrected chi connectivity index (χ1v) is 8.47. The molecule has 5 heteroatoms. The van der Waals surface area contributed by atoms with Gasteiger partial charge in [0.15, 0.2) is 5.16 Å². The quantitative estimate of drug-likeness (QED) is 0.546. The zero-order chi connectivity index (χ0) is 16.4. The lowest BCUT2D eigenvalue weighted by molar-refractivity contribution is 0.841. The molecule has 0 fully saturated rings. The van der Waals surface area contributed by atoms with Gasteiger partial charge in [-0.25, -0.2) is 9.97 Å². The molecule has 3 rings (SSSR count). The zero-order valence-corrected chi connectivity index (χ0v) is 13.9. The number of aryl methyl sites for hydroxylation is 1. The van der Waals surface area contributed by atoms with Crippen LogP contribution in [0, 0.1) is 0 Å². The fourth-order valence-corrected chi connectivity index (χ4v) is 3.02. The summed E-state index contributed by atoms with van der Waals surface area (Å²) in [5.41, 5.74) is 3.23. The molecule has 2 aromatic heterocycles. The summed E-state index contributed by atoms with van der Waals surface area (Å²) in [5.74, 6) is 0. The van der Waals surface area contributed by atoms with Crippen molar-refractivity contribution in [2.45, 2.75) is 11.6 Å². The minimum absolute atomic E-state index is 0.0398. The summed E-state index contributed by atoms with van der Waals surface area (Å²) in [6.07, 6.45) is 5.98. The Hall–Kier alpha value is -2.40. The number of pyridine rings is 1. The molecule has 116 valence electrons. The topological polar surface area (TPSA) is 47.8 Å². The van der Waals surface area contributed by atoms with Crippen LogP contribution in [-0.4, -0.2) is 20.8 Å². The van der Waals surface area contributed by atoms with E-state index in [0.29, 0.717) is 17.2 Å². The number of aromatic nitrogens is 3. The highest BCUT2D eigenvalue weighted by Gasteiger charge is 2.15. The molecular weight excluding hydrogens is 306 g/mol. The lowest BCUT2D eigenvalue weighted by Crippen LogP contribution is -2.24. The van der Waals surface area contributed by atoms with Crippen molar-refractivity contribution in [3.63, 3.8) is 0 Å². The summed E-state index contributed by atoms with van der Waals surface area (Å²) in [7, 11) is 1.75. The smallest absolute Gasteiger partial charge is 0.256 e. The molecule has 0 N–H and O–H groups in total. The van der Waals surface area contributed by atoms with E-state index in [0.717, 1.165) is 22.1 Å². The molecule has 0 aliphatic carbocycles. The second kappa shape index (κ2) is 6.38. The summed E-state index contributed by atoms with van der Waals surface area (Å²) >= 11 is 1.46. The number of thioether (sulfide) groups is 1. The molecule has 0 unspecified atom stereocenters. The van der Waals surface area contributed by atoms with Crippen LogP contribution in [0.4, 0.5) is 0 Å². The first-order valence-electron chi connectivity index (χ1n) is 7.24. The van der Waals surface area contributed by atoms with Crippen molar-refractivity contribution in [3.05, 3.63) is 70.2 Å². The highest BCUT2D eigenvalue weighted by atomic mass is 32.2. The molecule has 0 spiro atoms. The molecule has 0 amide bonds. The van der Waals surface area contributed by atoms with Crippen molar-refractivity contribution in [2.75, 3.05) is 6.26 Å². The van der Waals surface area contributed by atoms with Crippen LogP contribution in [0.1, 0.15) is 16.7 Å². The van der Waals surface area contributed by atoms with Crippen molar-refractivity contribution in [1.82, 2.24) is 14.5 Å². The molecule has 0 saturated carbocycles. The van der Waals surface area contributed by atoms with Gasteiger partial charge in [0.1, 0.15) is 5.65 Å². The van der Waals surface area contributed by atoms with Gasteiger partial charge in [0.25, 0.3) is 5.56 Å². The number of fused-ring (bicyclic) bond motifs is 1. The zero-order valence-electron chi connectivity index (χ0n) is 13.1. The Labute approximate surface area is 138 Å². The van der Waals surface area contributed by atoms with Gasteiger partial charge in [0, 0.05) is 30.6 Å². The maximum absolute atomic E-state index is 12.8. The fourth-order valence-electron chi connectivity index (χ4n) is 2.68. The van der Waals surface area contributed by atoms with E-state index in [-0.39, 0.29) is 5.56 Å². The van der Waals surface area contributed by atoms with Gasteiger partial charge in [-0.1, -0.05) is 54.7 Å². The van der Waals surface area contributed by atoms with Crippen molar-refractivity contribution in [3.8, 4) is 0 Å². The maximum Gasteiger partial charge on any atom is 0.256 e. The first kappa shape index (κ1) is 15.5. The van der Waals surface area contributed by atoms with Crippen LogP contribution in [0.3, 0.4) is 0 Å². The third kappa shape index (κ3) is 2.80. The van der Waals surface area contributed by atoms with Crippen LogP contribution in [0.5, 0.6) is 0 Å². The number of benzene rings is 1. The Bertz CT molecular complexity index is 932. The van der Waals surface area contributed by atoms with Crippen LogP contribution < -0.4 is 5.56 Å². The minimum Gasteiger partial charge on any atom is -0.295 e. The van der Waals surface area contributed by atoms with Crippen LogP contribution in [0.25, 0.3) is 17.1 Å². The predicted octanol–water partition coefficient (Wildman–Crippen LogP) is 3.28. The Morgan fingerprint density at radius 2 is 2.04 bits per heavy atom. The average Bonchev–Trinajstić information content (AvgIpc) is 2.60. The summed E-state index contributed by atoms with van der Waals surface area (Å²) < 4.78 is 1.60. The minimum atomic E-state index is -0.0398. The molecule has 0 aliphatic heterocycles. The lowest BCUT2D eigenvalue weighted by atomic mass is 9.99. The Kier molecular flexibility index (Phi) is 4.30. The van der Waals surface area contributed by atoms with Gasteiger partial charge in [-0.3, -0.25) is 9.36 Å². The average molecular weight is 323 g/mol. The molecule has 0 saturated heterocycles. The molecule has 0 aliphatic rings. The van der Waals surface area contributed by atoms with E-state index < -0.39 is 0 Å². The number of hydrogen-bond donors (Lipinski definition) is 0. The Morgan fingerprint density at radius 1 is 1.30 bits per heavy atom. The van der Waals surface area contributed by atoms with Crippen LogP contribution >= 0.6 is 11.8 Å². The van der Waals surface area contributed by atoms with E-state index in [1.54, 1.807) is 23.9 Å². The molecule has 1 aromatic carbocycles. The Balaban J connectivity index is 2.28. The van der Waals surface area contributed by atoms with E-state index in [9.17, 15) is 4.79 Å². The molecule has 0 atom stereocenters. The fraction of sp³-hybridized carbons (Fsp3) is 0.167. The predicted molar refractivity (Wildman–Crippen MR) is 95.9 cm³/mol. The first-order chi connectivity index (χ1) is 11.2. The van der Waals surface area contributed by atoms with Crippen molar-refractivity contribution >= 4 is 28.9 Å². The summed E-state index contributed by atoms with van der Waals surface area (Å²) in [6, 6.07) is 9.95. The van der Waals surface area contributed by atoms with E-state index >= 15 is 0 Å². The molecule has 3 aromatic rings. The lowest BCUT2D eigenvalue weighted by Gasteiger charge is -2.13. The van der Waals surface area contributed by atoms with E-state index in [1.807, 2.05) is 36.6 Å². The molecule has 2 heterocycles. The van der Waals surface area contributed by atoms with Gasteiger partial charge in [0.2, 0.25) is 0 Å². The normalized spacial score (nSPS) is 10.9. The molecular formula is C18H17N3OS. The van der Waals surface area contributed by atoms with Gasteiger partial charge < -0.3 is 0 Å². The molecule has 23 heavy (non-hydrogen) atoms. The Morgan fingerprint density at radius 3 is 2.70 bits per heavy atom. The SMILES string of the molecule is C=Cc1c(Cc2ccccc2)c(=O)n(C)c2nc(SC)ncc12. The third-order valence-electron chi connectivity index (χ3n) is 3.85. The standard InChI is InChI=1S/C18H17N3OS/c1-4-13-14(10-12-8-6-5-7-9-12)17(22)21(2)16-15(13)11-19-18(20-16)23-3/h4-9,11H,1,10H2,2-3H3. The van der Waals surface area contributed by atoms with Crippen molar-refractivity contribution in [1.29, 1.82) is 0 Å². The second-order valence-electron chi connectivity index (χ2n) is 5.22. The van der Waals surface area contributed by atoms with E-state index in [4.69, 9.17) is 0 Å². The molecule has 0 radical (unpaired) electrons. The number of rotatable bonds is 4. The molecule has 4 nitrogen and oxygen atoms in total. The largest absolute Gasteiger partial charge is 0.295 e. The van der Waals surface area contributed by atoms with Gasteiger partial charge in [-0.2, -0.15) is 0 Å². The van der Waals surface area contributed by atoms with Gasteiger partial charge in [0.05, 0.1) is 0 Å². The van der Waals surface area contributed by atoms with Gasteiger partial charge in [-0.05, 0) is 17.4 Å². The van der Waals surface area contributed by atoms with Gasteiger partial charge in [-0.15, -0.1) is 0 Å². The van der Waals surface area contributed by atoms with Crippen molar-refractivity contribution < 1.29 is 0 Å². The number of hydrogen-bond acceptors (Lipinski definition) is 4. The summed E-state index contributed by atoms with van der Waals surface area (Å²) in [6.45, 7) is 3.89. The summed E-state index contributed by atoms with van der Waals surface area (Å²) in [5, 5.41) is 1.50. The second-order valence-corrected chi connectivity index (χ2v) is 5.99. The third-order valence-corrected chi connectivity index (χ3v) is 4.41. The highest BCUT2D eigenvalue weighted by Crippen LogP contribution is 2.22.